The molecule has 1 aromatic carbocycles. The van der Waals surface area contributed by atoms with Crippen LogP contribution in [0.4, 0.5) is 0 Å². The van der Waals surface area contributed by atoms with E-state index in [2.05, 4.69) is 42.0 Å². The van der Waals surface area contributed by atoms with Gasteiger partial charge in [-0.1, -0.05) is 54.4 Å². The Hall–Kier alpha value is -0.540. The highest BCUT2D eigenvalue weighted by molar-refractivity contribution is 9.09. The number of benzene rings is 1. The maximum atomic E-state index is 12.4. The Kier molecular flexibility index (Phi) is 5.87. The fraction of sp³-hybridized carbons (Fsp3) is 0.533. The van der Waals surface area contributed by atoms with Gasteiger partial charge in [0.15, 0.2) is 0 Å². The van der Waals surface area contributed by atoms with Crippen LogP contribution < -0.4 is 5.32 Å². The van der Waals surface area contributed by atoms with Crippen molar-refractivity contribution in [2.24, 2.45) is 5.41 Å². The standard InChI is InChI=1S/C15H21BrClNO/c1-10-5-6-11(17)9-12(10)14(19)18-13(7-8-16)15(2,3)4/h5-6,9,13H,7-8H2,1-4H3,(H,18,19). The third kappa shape index (κ3) is 4.81. The number of carbonyl (C=O) groups excluding carboxylic acids is 1. The summed E-state index contributed by atoms with van der Waals surface area (Å²) in [5.74, 6) is -0.0547. The lowest BCUT2D eigenvalue weighted by Gasteiger charge is -2.31. The highest BCUT2D eigenvalue weighted by Crippen LogP contribution is 2.23. The number of hydrogen-bond acceptors (Lipinski definition) is 1. The highest BCUT2D eigenvalue weighted by Gasteiger charge is 2.26. The topological polar surface area (TPSA) is 29.1 Å². The van der Waals surface area contributed by atoms with E-state index in [0.29, 0.717) is 10.6 Å². The van der Waals surface area contributed by atoms with Gasteiger partial charge in [0, 0.05) is 22.0 Å². The van der Waals surface area contributed by atoms with Crippen LogP contribution in [0.5, 0.6) is 0 Å². The number of aryl methyl sites for hydroxylation is 1. The number of amides is 1. The van der Waals surface area contributed by atoms with Crippen molar-refractivity contribution >= 4 is 33.4 Å². The predicted octanol–water partition coefficient (Wildman–Crippen LogP) is 4.58. The van der Waals surface area contributed by atoms with Crippen LogP contribution in [-0.4, -0.2) is 17.3 Å². The molecule has 0 spiro atoms. The van der Waals surface area contributed by atoms with Gasteiger partial charge in [0.25, 0.3) is 5.91 Å². The second-order valence-electron chi connectivity index (χ2n) is 5.83. The molecule has 1 aromatic rings. The van der Waals surface area contributed by atoms with Crippen molar-refractivity contribution in [2.75, 3.05) is 5.33 Å². The summed E-state index contributed by atoms with van der Waals surface area (Å²) in [6.07, 6.45) is 0.898. The van der Waals surface area contributed by atoms with Gasteiger partial charge in [-0.05, 0) is 36.5 Å². The van der Waals surface area contributed by atoms with Crippen LogP contribution in [0.1, 0.15) is 43.1 Å². The zero-order chi connectivity index (χ0) is 14.6. The summed E-state index contributed by atoms with van der Waals surface area (Å²) in [4.78, 5) is 12.4. The summed E-state index contributed by atoms with van der Waals surface area (Å²) in [7, 11) is 0. The average molecular weight is 347 g/mol. The minimum Gasteiger partial charge on any atom is -0.349 e. The zero-order valence-electron chi connectivity index (χ0n) is 11.9. The molecular formula is C15H21BrClNO. The number of alkyl halides is 1. The maximum Gasteiger partial charge on any atom is 0.251 e. The van der Waals surface area contributed by atoms with E-state index in [1.165, 1.54) is 0 Å². The first kappa shape index (κ1) is 16.5. The summed E-state index contributed by atoms with van der Waals surface area (Å²) < 4.78 is 0. The van der Waals surface area contributed by atoms with Gasteiger partial charge >= 0.3 is 0 Å². The lowest BCUT2D eigenvalue weighted by molar-refractivity contribution is 0.0900. The second-order valence-corrected chi connectivity index (χ2v) is 7.06. The monoisotopic (exact) mass is 345 g/mol. The molecule has 4 heteroatoms. The van der Waals surface area contributed by atoms with E-state index >= 15 is 0 Å². The molecule has 1 atom stereocenters. The molecule has 1 N–H and O–H groups in total. The third-order valence-electron chi connectivity index (χ3n) is 3.19. The Morgan fingerprint density at radius 2 is 2.05 bits per heavy atom. The molecule has 1 unspecified atom stereocenters. The molecule has 0 aliphatic carbocycles. The first-order chi connectivity index (χ1) is 8.75. The molecule has 0 saturated carbocycles. The molecule has 0 fully saturated rings. The normalized spacial score (nSPS) is 13.2. The maximum absolute atomic E-state index is 12.4. The van der Waals surface area contributed by atoms with Crippen LogP contribution in [0.3, 0.4) is 0 Å². The number of halogens is 2. The van der Waals surface area contributed by atoms with Crippen LogP contribution in [0.15, 0.2) is 18.2 Å². The number of nitrogens with one attached hydrogen (secondary N) is 1. The molecule has 0 saturated heterocycles. The molecular weight excluding hydrogens is 326 g/mol. The van der Waals surface area contributed by atoms with Gasteiger partial charge in [0.2, 0.25) is 0 Å². The summed E-state index contributed by atoms with van der Waals surface area (Å²) in [5, 5.41) is 4.57. The molecule has 0 aliphatic heterocycles. The first-order valence-electron chi connectivity index (χ1n) is 6.38. The Bertz CT molecular complexity index is 454. The van der Waals surface area contributed by atoms with Crippen LogP contribution in [0, 0.1) is 12.3 Å². The summed E-state index contributed by atoms with van der Waals surface area (Å²) >= 11 is 9.40. The van der Waals surface area contributed by atoms with Gasteiger partial charge in [-0.15, -0.1) is 0 Å². The van der Waals surface area contributed by atoms with Gasteiger partial charge in [0.1, 0.15) is 0 Å². The molecule has 2 nitrogen and oxygen atoms in total. The van der Waals surface area contributed by atoms with E-state index in [1.807, 2.05) is 13.0 Å². The molecule has 0 bridgehead atoms. The molecule has 0 radical (unpaired) electrons. The van der Waals surface area contributed by atoms with E-state index in [1.54, 1.807) is 12.1 Å². The molecule has 106 valence electrons. The Morgan fingerprint density at radius 1 is 1.42 bits per heavy atom. The van der Waals surface area contributed by atoms with E-state index < -0.39 is 0 Å². The number of rotatable bonds is 4. The van der Waals surface area contributed by atoms with E-state index in [9.17, 15) is 4.79 Å². The van der Waals surface area contributed by atoms with Crippen molar-refractivity contribution in [3.63, 3.8) is 0 Å². The second kappa shape index (κ2) is 6.76. The highest BCUT2D eigenvalue weighted by atomic mass is 79.9. The third-order valence-corrected chi connectivity index (χ3v) is 3.89. The number of carbonyl (C=O) groups is 1. The van der Waals surface area contributed by atoms with E-state index in [0.717, 1.165) is 17.3 Å². The van der Waals surface area contributed by atoms with Crippen molar-refractivity contribution in [2.45, 2.75) is 40.2 Å². The molecule has 19 heavy (non-hydrogen) atoms. The van der Waals surface area contributed by atoms with Gasteiger partial charge in [-0.3, -0.25) is 4.79 Å². The summed E-state index contributed by atoms with van der Waals surface area (Å²) in [6.45, 7) is 8.31. The van der Waals surface area contributed by atoms with Gasteiger partial charge in [-0.2, -0.15) is 0 Å². The Labute approximate surface area is 129 Å². The Balaban J connectivity index is 2.91. The molecule has 0 heterocycles. The zero-order valence-corrected chi connectivity index (χ0v) is 14.2. The van der Waals surface area contributed by atoms with Crippen LogP contribution in [0.25, 0.3) is 0 Å². The fourth-order valence-electron chi connectivity index (χ4n) is 1.91. The first-order valence-corrected chi connectivity index (χ1v) is 7.88. The minimum atomic E-state index is -0.0547. The number of hydrogen-bond donors (Lipinski definition) is 1. The molecule has 0 aromatic heterocycles. The largest absolute Gasteiger partial charge is 0.349 e. The van der Waals surface area contributed by atoms with Gasteiger partial charge in [-0.25, -0.2) is 0 Å². The molecule has 1 rings (SSSR count). The smallest absolute Gasteiger partial charge is 0.251 e. The van der Waals surface area contributed by atoms with Crippen LogP contribution in [-0.2, 0) is 0 Å². The van der Waals surface area contributed by atoms with Gasteiger partial charge < -0.3 is 5.32 Å². The van der Waals surface area contributed by atoms with E-state index in [4.69, 9.17) is 11.6 Å². The van der Waals surface area contributed by atoms with E-state index in [-0.39, 0.29) is 17.4 Å². The molecule has 0 aliphatic rings. The van der Waals surface area contributed by atoms with Crippen LogP contribution >= 0.6 is 27.5 Å². The fourth-order valence-corrected chi connectivity index (χ4v) is 2.54. The van der Waals surface area contributed by atoms with Crippen molar-refractivity contribution < 1.29 is 4.79 Å². The molecule has 1 amide bonds. The lowest BCUT2D eigenvalue weighted by Crippen LogP contribution is -2.44. The minimum absolute atomic E-state index is 0.0237. The van der Waals surface area contributed by atoms with Gasteiger partial charge in [0.05, 0.1) is 0 Å². The van der Waals surface area contributed by atoms with Crippen molar-refractivity contribution in [3.05, 3.63) is 34.3 Å². The van der Waals surface area contributed by atoms with Crippen molar-refractivity contribution in [3.8, 4) is 0 Å². The summed E-state index contributed by atoms with van der Waals surface area (Å²) in [6, 6.07) is 5.51. The Morgan fingerprint density at radius 3 is 2.58 bits per heavy atom. The quantitative estimate of drug-likeness (QED) is 0.794. The summed E-state index contributed by atoms with van der Waals surface area (Å²) in [5.41, 5.74) is 1.61. The average Bonchev–Trinajstić information content (AvgIpc) is 2.30. The lowest BCUT2D eigenvalue weighted by atomic mass is 9.85. The predicted molar refractivity (Wildman–Crippen MR) is 85.3 cm³/mol. The SMILES string of the molecule is Cc1ccc(Cl)cc1C(=O)NC(CCBr)C(C)(C)C. The van der Waals surface area contributed by atoms with Crippen molar-refractivity contribution in [1.29, 1.82) is 0 Å². The van der Waals surface area contributed by atoms with Crippen LogP contribution in [0.2, 0.25) is 5.02 Å². The van der Waals surface area contributed by atoms with Crippen molar-refractivity contribution in [1.82, 2.24) is 5.32 Å².